The molecule has 0 bridgehead atoms. The molecule has 0 radical (unpaired) electrons. The zero-order valence-corrected chi connectivity index (χ0v) is 10.3. The molecule has 1 N–H and O–H groups in total. The van der Waals surface area contributed by atoms with Crippen LogP contribution in [0.4, 0.5) is 0 Å². The molecule has 1 aromatic heterocycles. The molecule has 1 unspecified atom stereocenters. The second kappa shape index (κ2) is 4.89. The van der Waals surface area contributed by atoms with Crippen LogP contribution in [0.5, 0.6) is 0 Å². The van der Waals surface area contributed by atoms with Crippen LogP contribution >= 0.6 is 11.3 Å². The van der Waals surface area contributed by atoms with Gasteiger partial charge in [0.15, 0.2) is 0 Å². The average molecular weight is 212 g/mol. The van der Waals surface area contributed by atoms with Crippen molar-refractivity contribution in [3.8, 4) is 0 Å². The van der Waals surface area contributed by atoms with Crippen molar-refractivity contribution in [3.05, 3.63) is 16.6 Å². The Bertz CT molecular complexity index is 256. The summed E-state index contributed by atoms with van der Waals surface area (Å²) >= 11 is 1.74. The highest BCUT2D eigenvalue weighted by Gasteiger charge is 2.28. The molecule has 1 aromatic rings. The predicted molar refractivity (Wildman–Crippen MR) is 62.6 cm³/mol. The molecule has 2 nitrogen and oxygen atoms in total. The Hall–Kier alpha value is -0.410. The average Bonchev–Trinajstić information content (AvgIpc) is 2.54. The van der Waals surface area contributed by atoms with Crippen molar-refractivity contribution in [1.82, 2.24) is 10.3 Å². The Morgan fingerprint density at radius 2 is 2.29 bits per heavy atom. The summed E-state index contributed by atoms with van der Waals surface area (Å²) in [6.45, 7) is 8.83. The normalized spacial score (nSPS) is 15.8. The molecule has 0 aliphatic rings. The van der Waals surface area contributed by atoms with Crippen LogP contribution in [-0.2, 0) is 5.54 Å². The van der Waals surface area contributed by atoms with Crippen molar-refractivity contribution < 1.29 is 0 Å². The number of nitrogens with zero attached hydrogens (tertiary/aromatic N) is 1. The van der Waals surface area contributed by atoms with Gasteiger partial charge in [-0.3, -0.25) is 0 Å². The van der Waals surface area contributed by atoms with Gasteiger partial charge in [0.05, 0.1) is 5.54 Å². The van der Waals surface area contributed by atoms with E-state index in [1.54, 1.807) is 11.3 Å². The number of rotatable bonds is 5. The lowest BCUT2D eigenvalue weighted by atomic mass is 9.96. The van der Waals surface area contributed by atoms with Crippen LogP contribution in [0.15, 0.2) is 11.6 Å². The number of hydrogen-bond acceptors (Lipinski definition) is 3. The van der Waals surface area contributed by atoms with Crippen LogP contribution < -0.4 is 5.32 Å². The van der Waals surface area contributed by atoms with Crippen LogP contribution in [0, 0.1) is 0 Å². The van der Waals surface area contributed by atoms with Gasteiger partial charge in [0.2, 0.25) is 0 Å². The van der Waals surface area contributed by atoms with Gasteiger partial charge >= 0.3 is 0 Å². The van der Waals surface area contributed by atoms with Crippen molar-refractivity contribution in [2.24, 2.45) is 0 Å². The summed E-state index contributed by atoms with van der Waals surface area (Å²) in [7, 11) is 0. The lowest BCUT2D eigenvalue weighted by molar-refractivity contribution is 0.307. The van der Waals surface area contributed by atoms with Crippen molar-refractivity contribution in [2.45, 2.75) is 52.1 Å². The van der Waals surface area contributed by atoms with Gasteiger partial charge in [-0.05, 0) is 27.2 Å². The molecule has 1 heterocycles. The SMILES string of the molecule is CCCC(C)(NC(C)C)c1nccs1. The van der Waals surface area contributed by atoms with Crippen LogP contribution in [0.25, 0.3) is 0 Å². The van der Waals surface area contributed by atoms with E-state index in [9.17, 15) is 0 Å². The lowest BCUT2D eigenvalue weighted by Crippen LogP contribution is -2.43. The van der Waals surface area contributed by atoms with Crippen LogP contribution in [0.3, 0.4) is 0 Å². The molecule has 0 spiro atoms. The molecule has 80 valence electrons. The molecular weight excluding hydrogens is 192 g/mol. The van der Waals surface area contributed by atoms with Gasteiger partial charge in [-0.1, -0.05) is 13.3 Å². The van der Waals surface area contributed by atoms with Crippen molar-refractivity contribution in [3.63, 3.8) is 0 Å². The van der Waals surface area contributed by atoms with Gasteiger partial charge in [-0.2, -0.15) is 0 Å². The van der Waals surface area contributed by atoms with E-state index in [1.807, 2.05) is 11.6 Å². The summed E-state index contributed by atoms with van der Waals surface area (Å²) in [6, 6.07) is 0.496. The first kappa shape index (κ1) is 11.7. The molecule has 0 saturated carbocycles. The number of thiazole rings is 1. The summed E-state index contributed by atoms with van der Waals surface area (Å²) < 4.78 is 0. The fourth-order valence-corrected chi connectivity index (χ4v) is 2.67. The zero-order valence-electron chi connectivity index (χ0n) is 9.50. The molecule has 0 amide bonds. The third-order valence-electron chi connectivity index (χ3n) is 2.26. The Morgan fingerprint density at radius 1 is 1.57 bits per heavy atom. The van der Waals surface area contributed by atoms with E-state index in [1.165, 1.54) is 11.4 Å². The Balaban J connectivity index is 2.81. The third kappa shape index (κ3) is 2.79. The Labute approximate surface area is 90.8 Å². The molecule has 0 aliphatic carbocycles. The van der Waals surface area contributed by atoms with E-state index in [0.29, 0.717) is 6.04 Å². The summed E-state index contributed by atoms with van der Waals surface area (Å²) in [4.78, 5) is 4.42. The summed E-state index contributed by atoms with van der Waals surface area (Å²) in [6.07, 6.45) is 4.20. The second-order valence-corrected chi connectivity index (χ2v) is 5.11. The molecule has 0 fully saturated rings. The number of hydrogen-bond donors (Lipinski definition) is 1. The Morgan fingerprint density at radius 3 is 2.71 bits per heavy atom. The summed E-state index contributed by atoms with van der Waals surface area (Å²) in [5.74, 6) is 0. The molecule has 1 rings (SSSR count). The molecule has 14 heavy (non-hydrogen) atoms. The quantitative estimate of drug-likeness (QED) is 0.811. The number of nitrogens with one attached hydrogen (secondary N) is 1. The van der Waals surface area contributed by atoms with E-state index < -0.39 is 0 Å². The van der Waals surface area contributed by atoms with E-state index >= 15 is 0 Å². The van der Waals surface area contributed by atoms with Gasteiger partial charge < -0.3 is 5.32 Å². The minimum Gasteiger partial charge on any atom is -0.303 e. The predicted octanol–water partition coefficient (Wildman–Crippen LogP) is 3.16. The molecule has 1 atom stereocenters. The minimum absolute atomic E-state index is 0.0527. The topological polar surface area (TPSA) is 24.9 Å². The maximum absolute atomic E-state index is 4.42. The van der Waals surface area contributed by atoms with E-state index in [-0.39, 0.29) is 5.54 Å². The van der Waals surface area contributed by atoms with Gasteiger partial charge in [0.25, 0.3) is 0 Å². The van der Waals surface area contributed by atoms with E-state index in [4.69, 9.17) is 0 Å². The second-order valence-electron chi connectivity index (χ2n) is 4.22. The standard InChI is InChI=1S/C11H20N2S/c1-5-6-11(4,13-9(2)3)10-12-7-8-14-10/h7-9,13H,5-6H2,1-4H3. The van der Waals surface area contributed by atoms with Crippen LogP contribution in [0.2, 0.25) is 0 Å². The van der Waals surface area contributed by atoms with Crippen molar-refractivity contribution >= 4 is 11.3 Å². The van der Waals surface area contributed by atoms with Gasteiger partial charge in [0.1, 0.15) is 5.01 Å². The first-order chi connectivity index (χ1) is 6.58. The molecule has 0 saturated heterocycles. The van der Waals surface area contributed by atoms with Crippen molar-refractivity contribution in [2.75, 3.05) is 0 Å². The molecular formula is C11H20N2S. The fraction of sp³-hybridized carbons (Fsp3) is 0.727. The first-order valence-corrected chi connectivity index (χ1v) is 6.14. The van der Waals surface area contributed by atoms with Crippen LogP contribution in [0.1, 0.15) is 45.5 Å². The highest BCUT2D eigenvalue weighted by atomic mass is 32.1. The highest BCUT2D eigenvalue weighted by Crippen LogP contribution is 2.28. The first-order valence-electron chi connectivity index (χ1n) is 5.26. The van der Waals surface area contributed by atoms with E-state index in [0.717, 1.165) is 6.42 Å². The molecule has 0 aliphatic heterocycles. The highest BCUT2D eigenvalue weighted by molar-refractivity contribution is 7.09. The minimum atomic E-state index is 0.0527. The van der Waals surface area contributed by atoms with Gasteiger partial charge in [0, 0.05) is 17.6 Å². The molecule has 3 heteroatoms. The molecule has 0 aromatic carbocycles. The Kier molecular flexibility index (Phi) is 4.08. The number of aromatic nitrogens is 1. The van der Waals surface area contributed by atoms with E-state index in [2.05, 4.69) is 38.0 Å². The smallest absolute Gasteiger partial charge is 0.112 e. The van der Waals surface area contributed by atoms with Crippen molar-refractivity contribution in [1.29, 1.82) is 0 Å². The fourth-order valence-electron chi connectivity index (χ4n) is 1.87. The summed E-state index contributed by atoms with van der Waals surface area (Å²) in [5, 5.41) is 6.86. The van der Waals surface area contributed by atoms with Crippen LogP contribution in [-0.4, -0.2) is 11.0 Å². The van der Waals surface area contributed by atoms with Gasteiger partial charge in [-0.15, -0.1) is 11.3 Å². The largest absolute Gasteiger partial charge is 0.303 e. The van der Waals surface area contributed by atoms with Gasteiger partial charge in [-0.25, -0.2) is 4.98 Å². The maximum atomic E-state index is 4.42. The zero-order chi connectivity index (χ0) is 10.6. The monoisotopic (exact) mass is 212 g/mol. The summed E-state index contributed by atoms with van der Waals surface area (Å²) in [5.41, 5.74) is 0.0527. The lowest BCUT2D eigenvalue weighted by Gasteiger charge is -2.30. The maximum Gasteiger partial charge on any atom is 0.112 e. The third-order valence-corrected chi connectivity index (χ3v) is 3.30.